The zero-order valence-electron chi connectivity index (χ0n) is 10.8. The van der Waals surface area contributed by atoms with Crippen LogP contribution in [0.5, 0.6) is 0 Å². The number of aliphatic hydroxyl groups is 1. The molecule has 4 heteroatoms. The van der Waals surface area contributed by atoms with E-state index < -0.39 is 17.7 Å². The van der Waals surface area contributed by atoms with Crippen molar-refractivity contribution in [1.29, 1.82) is 0 Å². The second-order valence-corrected chi connectivity index (χ2v) is 4.55. The molecule has 2 nitrogen and oxygen atoms in total. The Balaban J connectivity index is 2.28. The topological polar surface area (TPSA) is 33.1 Å². The molecule has 100 valence electrons. The van der Waals surface area contributed by atoms with Gasteiger partial charge < -0.3 is 5.11 Å². The quantitative estimate of drug-likeness (QED) is 0.922. The number of halogens is 2. The van der Waals surface area contributed by atoms with Gasteiger partial charge in [-0.3, -0.25) is 4.98 Å². The van der Waals surface area contributed by atoms with Crippen LogP contribution in [0, 0.1) is 25.5 Å². The third kappa shape index (κ3) is 2.96. The summed E-state index contributed by atoms with van der Waals surface area (Å²) in [4.78, 5) is 4.23. The first-order valence-corrected chi connectivity index (χ1v) is 6.04. The second-order valence-electron chi connectivity index (χ2n) is 4.55. The highest BCUT2D eigenvalue weighted by Crippen LogP contribution is 2.23. The van der Waals surface area contributed by atoms with Crippen LogP contribution in [-0.4, -0.2) is 10.1 Å². The Morgan fingerprint density at radius 3 is 2.32 bits per heavy atom. The van der Waals surface area contributed by atoms with Gasteiger partial charge in [0.25, 0.3) is 0 Å². The lowest BCUT2D eigenvalue weighted by molar-refractivity contribution is 0.174. The number of hydrogen-bond acceptors (Lipinski definition) is 2. The summed E-state index contributed by atoms with van der Waals surface area (Å²) in [5.74, 6) is -1.28. The number of nitrogens with zero attached hydrogens (tertiary/aromatic N) is 1. The smallest absolute Gasteiger partial charge is 0.129 e. The lowest BCUT2D eigenvalue weighted by Gasteiger charge is -2.14. The number of pyridine rings is 1. The van der Waals surface area contributed by atoms with Crippen LogP contribution in [0.15, 0.2) is 30.3 Å². The van der Waals surface area contributed by atoms with E-state index in [0.29, 0.717) is 11.3 Å². The van der Waals surface area contributed by atoms with E-state index in [1.165, 1.54) is 18.2 Å². The molecule has 1 unspecified atom stereocenters. The van der Waals surface area contributed by atoms with Gasteiger partial charge in [0.1, 0.15) is 11.6 Å². The van der Waals surface area contributed by atoms with Crippen molar-refractivity contribution >= 4 is 0 Å². The van der Waals surface area contributed by atoms with Crippen molar-refractivity contribution in [3.63, 3.8) is 0 Å². The molecule has 1 aromatic carbocycles. The predicted octanol–water partition coefficient (Wildman–Crippen LogP) is 3.25. The molecule has 0 aliphatic rings. The molecule has 1 aromatic heterocycles. The molecule has 2 rings (SSSR count). The van der Waals surface area contributed by atoms with E-state index in [-0.39, 0.29) is 12.0 Å². The van der Waals surface area contributed by atoms with Crippen molar-refractivity contribution in [2.24, 2.45) is 0 Å². The monoisotopic (exact) mass is 263 g/mol. The maximum Gasteiger partial charge on any atom is 0.129 e. The Hall–Kier alpha value is -1.81. The summed E-state index contributed by atoms with van der Waals surface area (Å²) in [5, 5.41) is 10.1. The molecule has 0 fully saturated rings. The van der Waals surface area contributed by atoms with Gasteiger partial charge in [0, 0.05) is 28.9 Å². The summed E-state index contributed by atoms with van der Waals surface area (Å²) in [7, 11) is 0. The molecule has 2 aromatic rings. The first kappa shape index (κ1) is 13.6. The second kappa shape index (κ2) is 5.45. The molecule has 0 bridgehead atoms. The van der Waals surface area contributed by atoms with E-state index in [4.69, 9.17) is 0 Å². The predicted molar refractivity (Wildman–Crippen MR) is 68.7 cm³/mol. The highest BCUT2D eigenvalue weighted by Gasteiger charge is 2.17. The molecule has 19 heavy (non-hydrogen) atoms. The van der Waals surface area contributed by atoms with Crippen LogP contribution in [0.3, 0.4) is 0 Å². The minimum Gasteiger partial charge on any atom is -0.388 e. The van der Waals surface area contributed by atoms with Crippen molar-refractivity contribution in [2.75, 3.05) is 0 Å². The normalized spacial score (nSPS) is 12.5. The summed E-state index contributed by atoms with van der Waals surface area (Å²) < 4.78 is 27.0. The summed E-state index contributed by atoms with van der Waals surface area (Å²) in [6.07, 6.45) is -1.08. The van der Waals surface area contributed by atoms with Gasteiger partial charge in [-0.15, -0.1) is 0 Å². The highest BCUT2D eigenvalue weighted by atomic mass is 19.1. The van der Waals surface area contributed by atoms with Crippen LogP contribution < -0.4 is 0 Å². The first-order valence-electron chi connectivity index (χ1n) is 6.04. The lowest BCUT2D eigenvalue weighted by atomic mass is 9.99. The first-order chi connectivity index (χ1) is 8.99. The largest absolute Gasteiger partial charge is 0.388 e. The van der Waals surface area contributed by atoms with Gasteiger partial charge in [0.15, 0.2) is 0 Å². The van der Waals surface area contributed by atoms with Crippen LogP contribution in [0.4, 0.5) is 8.78 Å². The van der Waals surface area contributed by atoms with Crippen LogP contribution in [-0.2, 0) is 6.42 Å². The molecule has 0 amide bonds. The summed E-state index contributed by atoms with van der Waals surface area (Å²) in [6.45, 7) is 3.61. The summed E-state index contributed by atoms with van der Waals surface area (Å²) in [5.41, 5.74) is 2.00. The number of aliphatic hydroxyl groups excluding tert-OH is 1. The molecule has 0 aliphatic heterocycles. The minimum absolute atomic E-state index is 0.102. The fourth-order valence-corrected chi connectivity index (χ4v) is 2.08. The molecular formula is C15H15F2NO. The number of aromatic nitrogens is 1. The van der Waals surface area contributed by atoms with Gasteiger partial charge in [0.05, 0.1) is 6.10 Å². The van der Waals surface area contributed by atoms with Crippen molar-refractivity contribution < 1.29 is 13.9 Å². The maximum atomic E-state index is 13.5. The van der Waals surface area contributed by atoms with Gasteiger partial charge in [-0.05, 0) is 32.0 Å². The number of aryl methyl sites for hydroxylation is 2. The van der Waals surface area contributed by atoms with Gasteiger partial charge in [-0.25, -0.2) is 8.78 Å². The molecule has 1 N–H and O–H groups in total. The van der Waals surface area contributed by atoms with Crippen molar-refractivity contribution in [3.05, 3.63) is 64.5 Å². The van der Waals surface area contributed by atoms with Crippen LogP contribution >= 0.6 is 0 Å². The van der Waals surface area contributed by atoms with Crippen molar-refractivity contribution in [2.45, 2.75) is 26.4 Å². The molecule has 0 saturated heterocycles. The Bertz CT molecular complexity index is 578. The Kier molecular flexibility index (Phi) is 3.90. The summed E-state index contributed by atoms with van der Waals surface area (Å²) in [6, 6.07) is 7.18. The number of hydrogen-bond donors (Lipinski definition) is 1. The molecular weight excluding hydrogens is 248 g/mol. The van der Waals surface area contributed by atoms with Gasteiger partial charge in [0.2, 0.25) is 0 Å². The molecule has 0 radical (unpaired) electrons. The van der Waals surface area contributed by atoms with Gasteiger partial charge in [-0.2, -0.15) is 0 Å². The maximum absolute atomic E-state index is 13.5. The van der Waals surface area contributed by atoms with Crippen LogP contribution in [0.25, 0.3) is 0 Å². The van der Waals surface area contributed by atoms with E-state index in [2.05, 4.69) is 4.98 Å². The van der Waals surface area contributed by atoms with E-state index >= 15 is 0 Å². The SMILES string of the molecule is Cc1ccc(C(O)Cc2c(F)cccc2F)c(C)n1. The van der Waals surface area contributed by atoms with Gasteiger partial charge in [-0.1, -0.05) is 12.1 Å². The molecule has 1 atom stereocenters. The third-order valence-corrected chi connectivity index (χ3v) is 3.08. The van der Waals surface area contributed by atoms with Gasteiger partial charge >= 0.3 is 0 Å². The lowest BCUT2D eigenvalue weighted by Crippen LogP contribution is -2.08. The van der Waals surface area contributed by atoms with Crippen molar-refractivity contribution in [3.8, 4) is 0 Å². The summed E-state index contributed by atoms with van der Waals surface area (Å²) >= 11 is 0. The minimum atomic E-state index is -0.973. The fraction of sp³-hybridized carbons (Fsp3) is 0.267. The molecule has 0 saturated carbocycles. The fourth-order valence-electron chi connectivity index (χ4n) is 2.08. The Morgan fingerprint density at radius 1 is 1.11 bits per heavy atom. The third-order valence-electron chi connectivity index (χ3n) is 3.08. The van der Waals surface area contributed by atoms with E-state index in [1.54, 1.807) is 19.1 Å². The molecule has 0 aliphatic carbocycles. The van der Waals surface area contributed by atoms with E-state index in [0.717, 1.165) is 5.69 Å². The molecule has 0 spiro atoms. The van der Waals surface area contributed by atoms with Crippen LogP contribution in [0.2, 0.25) is 0 Å². The number of benzene rings is 1. The van der Waals surface area contributed by atoms with Crippen LogP contribution in [0.1, 0.15) is 28.6 Å². The zero-order chi connectivity index (χ0) is 14.0. The Morgan fingerprint density at radius 2 is 1.74 bits per heavy atom. The van der Waals surface area contributed by atoms with Crippen molar-refractivity contribution in [1.82, 2.24) is 4.98 Å². The zero-order valence-corrected chi connectivity index (χ0v) is 10.8. The molecule has 1 heterocycles. The highest BCUT2D eigenvalue weighted by molar-refractivity contribution is 5.27. The van der Waals surface area contributed by atoms with E-state index in [9.17, 15) is 13.9 Å². The average molecular weight is 263 g/mol. The Labute approximate surface area is 110 Å². The standard InChI is InChI=1S/C15H15F2NO/c1-9-6-7-11(10(2)18-9)15(19)8-12-13(16)4-3-5-14(12)17/h3-7,15,19H,8H2,1-2H3. The van der Waals surface area contributed by atoms with E-state index in [1.807, 2.05) is 6.92 Å². The number of rotatable bonds is 3. The average Bonchev–Trinajstić information content (AvgIpc) is 2.33.